The highest BCUT2D eigenvalue weighted by Crippen LogP contribution is 2.40. The van der Waals surface area contributed by atoms with Crippen LogP contribution in [0.25, 0.3) is 0 Å². The number of hydrogen-bond acceptors (Lipinski definition) is 4. The van der Waals surface area contributed by atoms with Gasteiger partial charge in [0, 0.05) is 26.2 Å². The molecular weight excluding hydrogens is 314 g/mol. The number of nitrogens with zero attached hydrogens (tertiary/aromatic N) is 3. The summed E-state index contributed by atoms with van der Waals surface area (Å²) in [7, 11) is 0. The Morgan fingerprint density at radius 3 is 2.84 bits per heavy atom. The van der Waals surface area contributed by atoms with Gasteiger partial charge >= 0.3 is 0 Å². The average Bonchev–Trinajstić information content (AvgIpc) is 3.44. The van der Waals surface area contributed by atoms with Crippen LogP contribution in [0.2, 0.25) is 0 Å². The lowest BCUT2D eigenvalue weighted by Gasteiger charge is -2.19. The molecule has 1 N–H and O–H groups in total. The van der Waals surface area contributed by atoms with E-state index in [1.165, 1.54) is 11.3 Å². The maximum absolute atomic E-state index is 10.3. The van der Waals surface area contributed by atoms with Gasteiger partial charge in [0.05, 0.1) is 24.6 Å². The Labute approximate surface area is 149 Å². The number of aromatic nitrogens is 2. The minimum Gasteiger partial charge on any atom is -0.386 e. The van der Waals surface area contributed by atoms with E-state index in [1.807, 2.05) is 18.2 Å². The third-order valence-electron chi connectivity index (χ3n) is 5.15. The lowest BCUT2D eigenvalue weighted by molar-refractivity contribution is 0.0907. The van der Waals surface area contributed by atoms with Gasteiger partial charge in [0.2, 0.25) is 0 Å². The zero-order valence-corrected chi connectivity index (χ0v) is 14.7. The molecule has 5 heteroatoms. The molecule has 2 heterocycles. The molecular formula is C20H27N3O2. The Morgan fingerprint density at radius 1 is 1.20 bits per heavy atom. The van der Waals surface area contributed by atoms with Crippen molar-refractivity contribution in [2.24, 2.45) is 5.92 Å². The molecule has 0 bridgehead atoms. The van der Waals surface area contributed by atoms with Crippen LogP contribution < -0.4 is 0 Å². The summed E-state index contributed by atoms with van der Waals surface area (Å²) in [6, 6.07) is 12.4. The van der Waals surface area contributed by atoms with Gasteiger partial charge < -0.3 is 9.84 Å². The van der Waals surface area contributed by atoms with Crippen LogP contribution in [0.1, 0.15) is 42.3 Å². The zero-order valence-electron chi connectivity index (χ0n) is 14.7. The smallest absolute Gasteiger partial charge is 0.101 e. The molecule has 0 amide bonds. The first kappa shape index (κ1) is 16.8. The van der Waals surface area contributed by atoms with Crippen molar-refractivity contribution in [2.75, 3.05) is 19.7 Å². The highest BCUT2D eigenvalue weighted by molar-refractivity contribution is 5.16. The van der Waals surface area contributed by atoms with Gasteiger partial charge in [-0.15, -0.1) is 0 Å². The summed E-state index contributed by atoms with van der Waals surface area (Å²) in [5, 5.41) is 15.0. The number of ether oxygens (including phenoxy) is 1. The van der Waals surface area contributed by atoms with Gasteiger partial charge in [-0.3, -0.25) is 9.58 Å². The van der Waals surface area contributed by atoms with Crippen LogP contribution in [-0.2, 0) is 24.4 Å². The summed E-state index contributed by atoms with van der Waals surface area (Å²) in [4.78, 5) is 2.43. The predicted molar refractivity (Wildman–Crippen MR) is 95.9 cm³/mol. The van der Waals surface area contributed by atoms with Crippen molar-refractivity contribution in [2.45, 2.75) is 45.1 Å². The molecule has 25 heavy (non-hydrogen) atoms. The molecule has 0 spiro atoms. The maximum Gasteiger partial charge on any atom is 0.101 e. The second-order valence-electron chi connectivity index (χ2n) is 7.23. The van der Waals surface area contributed by atoms with Crippen LogP contribution in [0.4, 0.5) is 0 Å². The van der Waals surface area contributed by atoms with E-state index in [9.17, 15) is 5.11 Å². The molecule has 2 aliphatic rings. The molecule has 1 aromatic heterocycles. The molecule has 1 saturated carbocycles. The molecule has 0 saturated heterocycles. The first-order chi connectivity index (χ1) is 12.3. The molecule has 2 aromatic rings. The van der Waals surface area contributed by atoms with E-state index in [1.54, 1.807) is 0 Å². The predicted octanol–water partition coefficient (Wildman–Crippen LogP) is 2.75. The number of hydrogen-bond donors (Lipinski definition) is 1. The Balaban J connectivity index is 1.28. The topological polar surface area (TPSA) is 50.5 Å². The number of rotatable bonds is 7. The number of aliphatic hydroxyl groups is 1. The van der Waals surface area contributed by atoms with E-state index in [0.29, 0.717) is 12.5 Å². The third kappa shape index (κ3) is 4.29. The molecule has 0 radical (unpaired) electrons. The highest BCUT2D eigenvalue weighted by Gasteiger charge is 2.33. The summed E-state index contributed by atoms with van der Waals surface area (Å²) >= 11 is 0. The monoisotopic (exact) mass is 341 g/mol. The molecule has 1 atom stereocenters. The quantitative estimate of drug-likeness (QED) is 0.787. The van der Waals surface area contributed by atoms with Crippen LogP contribution in [-0.4, -0.2) is 39.5 Å². The van der Waals surface area contributed by atoms with E-state index in [-0.39, 0.29) is 6.10 Å². The zero-order chi connectivity index (χ0) is 17.1. The van der Waals surface area contributed by atoms with Crippen LogP contribution >= 0.6 is 0 Å². The van der Waals surface area contributed by atoms with Crippen molar-refractivity contribution in [3.05, 3.63) is 53.3 Å². The van der Waals surface area contributed by atoms with Crippen LogP contribution in [0.15, 0.2) is 36.4 Å². The van der Waals surface area contributed by atoms with E-state index in [0.717, 1.165) is 57.7 Å². The van der Waals surface area contributed by atoms with Gasteiger partial charge in [0.1, 0.15) is 6.10 Å². The average molecular weight is 341 g/mol. The Morgan fingerprint density at radius 2 is 2.04 bits per heavy atom. The Kier molecular flexibility index (Phi) is 5.15. The van der Waals surface area contributed by atoms with E-state index in [2.05, 4.69) is 32.9 Å². The summed E-state index contributed by atoms with van der Waals surface area (Å²) in [6.45, 7) is 5.23. The number of benzene rings is 1. The second-order valence-corrected chi connectivity index (χ2v) is 7.23. The molecule has 1 aliphatic carbocycles. The van der Waals surface area contributed by atoms with Crippen molar-refractivity contribution in [3.8, 4) is 0 Å². The first-order valence-electron chi connectivity index (χ1n) is 9.38. The molecule has 134 valence electrons. The fraction of sp³-hybridized carbons (Fsp3) is 0.550. The lowest BCUT2D eigenvalue weighted by atomic mass is 10.1. The fourth-order valence-electron chi connectivity index (χ4n) is 3.50. The van der Waals surface area contributed by atoms with Crippen molar-refractivity contribution < 1.29 is 9.84 Å². The van der Waals surface area contributed by atoms with Crippen molar-refractivity contribution in [1.29, 1.82) is 0 Å². The van der Waals surface area contributed by atoms with Gasteiger partial charge in [-0.25, -0.2) is 0 Å². The van der Waals surface area contributed by atoms with Crippen molar-refractivity contribution in [3.63, 3.8) is 0 Å². The molecule has 1 aromatic carbocycles. The standard InChI is InChI=1S/C20H27N3O2/c24-20(17-7-8-17)19-13-18-14-22(9-4-10-23(18)21-19)11-12-25-15-16-5-2-1-3-6-16/h1-3,5-6,13,17,20,24H,4,7-12,14-15H2. The van der Waals surface area contributed by atoms with Gasteiger partial charge in [0.25, 0.3) is 0 Å². The number of aliphatic hydroxyl groups excluding tert-OH is 1. The Bertz CT molecular complexity index is 682. The second kappa shape index (κ2) is 7.68. The third-order valence-corrected chi connectivity index (χ3v) is 5.15. The normalized spacial score (nSPS) is 19.4. The minimum atomic E-state index is -0.373. The molecule has 1 unspecified atom stereocenters. The molecule has 5 nitrogen and oxygen atoms in total. The number of aryl methyl sites for hydroxylation is 1. The van der Waals surface area contributed by atoms with Gasteiger partial charge in [-0.1, -0.05) is 30.3 Å². The first-order valence-corrected chi connectivity index (χ1v) is 9.38. The van der Waals surface area contributed by atoms with E-state index in [4.69, 9.17) is 4.74 Å². The summed E-state index contributed by atoms with van der Waals surface area (Å²) in [5.41, 5.74) is 3.30. The molecule has 1 fully saturated rings. The summed E-state index contributed by atoms with van der Waals surface area (Å²) in [6.07, 6.45) is 2.98. The largest absolute Gasteiger partial charge is 0.386 e. The Hall–Kier alpha value is -1.69. The number of fused-ring (bicyclic) bond motifs is 1. The fourth-order valence-corrected chi connectivity index (χ4v) is 3.50. The molecule has 1 aliphatic heterocycles. The minimum absolute atomic E-state index is 0.373. The van der Waals surface area contributed by atoms with Crippen molar-refractivity contribution in [1.82, 2.24) is 14.7 Å². The molecule has 4 rings (SSSR count). The van der Waals surface area contributed by atoms with Crippen LogP contribution in [0, 0.1) is 5.92 Å². The summed E-state index contributed by atoms with van der Waals surface area (Å²) in [5.74, 6) is 0.432. The lowest BCUT2D eigenvalue weighted by Crippen LogP contribution is -2.27. The maximum atomic E-state index is 10.3. The van der Waals surface area contributed by atoms with E-state index < -0.39 is 0 Å². The highest BCUT2D eigenvalue weighted by atomic mass is 16.5. The SMILES string of the molecule is OC(c1cc2n(n1)CCCN(CCOCc1ccccc1)C2)C1CC1. The van der Waals surface area contributed by atoms with E-state index >= 15 is 0 Å². The van der Waals surface area contributed by atoms with Gasteiger partial charge in [-0.05, 0) is 36.8 Å². The van der Waals surface area contributed by atoms with Gasteiger partial charge in [-0.2, -0.15) is 5.10 Å². The van der Waals surface area contributed by atoms with Crippen molar-refractivity contribution >= 4 is 0 Å². The van der Waals surface area contributed by atoms with Crippen LogP contribution in [0.5, 0.6) is 0 Å². The summed E-state index contributed by atoms with van der Waals surface area (Å²) < 4.78 is 7.92. The van der Waals surface area contributed by atoms with Gasteiger partial charge in [0.15, 0.2) is 0 Å². The van der Waals surface area contributed by atoms with Crippen LogP contribution in [0.3, 0.4) is 0 Å².